The van der Waals surface area contributed by atoms with Crippen LogP contribution < -0.4 is 0 Å². The highest BCUT2D eigenvalue weighted by Gasteiger charge is 2.18. The summed E-state index contributed by atoms with van der Waals surface area (Å²) in [5, 5.41) is 0. The third-order valence-corrected chi connectivity index (χ3v) is 4.22. The maximum Gasteiger partial charge on any atom is 0.337 e. The van der Waals surface area contributed by atoms with E-state index in [0.29, 0.717) is 25.4 Å². The van der Waals surface area contributed by atoms with Crippen LogP contribution in [0.4, 0.5) is 0 Å². The lowest BCUT2D eigenvalue weighted by atomic mass is 9.85. The fraction of sp³-hybridized carbons (Fsp3) is 0.650. The Morgan fingerprint density at radius 2 is 2.00 bits per heavy atom. The largest absolute Gasteiger partial charge is 0.465 e. The summed E-state index contributed by atoms with van der Waals surface area (Å²) in [7, 11) is 1.40. The Bertz CT molecular complexity index is 556. The maximum atomic E-state index is 11.9. The van der Waals surface area contributed by atoms with Crippen molar-refractivity contribution in [3.8, 4) is 0 Å². The molecule has 1 fully saturated rings. The minimum absolute atomic E-state index is 0.0553. The van der Waals surface area contributed by atoms with Crippen molar-refractivity contribution in [2.75, 3.05) is 26.9 Å². The first-order chi connectivity index (χ1) is 11.9. The van der Waals surface area contributed by atoms with Crippen molar-refractivity contribution in [2.24, 2.45) is 0 Å². The molecule has 0 spiro atoms. The summed E-state index contributed by atoms with van der Waals surface area (Å²) in [4.78, 5) is 11.9. The van der Waals surface area contributed by atoms with Crippen LogP contribution in [-0.4, -0.2) is 39.2 Å². The molecule has 0 aromatic heterocycles. The van der Waals surface area contributed by atoms with Crippen LogP contribution in [0.2, 0.25) is 0 Å². The third-order valence-electron chi connectivity index (χ3n) is 4.22. The van der Waals surface area contributed by atoms with Gasteiger partial charge in [0.25, 0.3) is 0 Å². The summed E-state index contributed by atoms with van der Waals surface area (Å²) in [6, 6.07) is 5.79. The molecule has 140 valence electrons. The second-order valence-electron chi connectivity index (χ2n) is 7.38. The van der Waals surface area contributed by atoms with Crippen molar-refractivity contribution in [1.82, 2.24) is 0 Å². The van der Waals surface area contributed by atoms with E-state index < -0.39 is 0 Å². The number of ether oxygens (including phenoxy) is 4. The molecular weight excluding hydrogens is 320 g/mol. The van der Waals surface area contributed by atoms with Crippen molar-refractivity contribution in [1.29, 1.82) is 0 Å². The summed E-state index contributed by atoms with van der Waals surface area (Å²) < 4.78 is 21.7. The van der Waals surface area contributed by atoms with E-state index in [1.165, 1.54) is 7.11 Å². The molecule has 1 aliphatic heterocycles. The number of methoxy groups -OCH3 is 1. The van der Waals surface area contributed by atoms with Crippen LogP contribution in [0, 0.1) is 0 Å². The van der Waals surface area contributed by atoms with E-state index in [1.54, 1.807) is 0 Å². The Labute approximate surface area is 150 Å². The lowest BCUT2D eigenvalue weighted by molar-refractivity contribution is -0.169. The fourth-order valence-electron chi connectivity index (χ4n) is 2.72. The molecule has 0 amide bonds. The monoisotopic (exact) mass is 350 g/mol. The average Bonchev–Trinajstić information content (AvgIpc) is 2.60. The molecular formula is C20H30O5. The van der Waals surface area contributed by atoms with Gasteiger partial charge in [-0.3, -0.25) is 0 Å². The summed E-state index contributed by atoms with van der Waals surface area (Å²) in [6.45, 7) is 8.56. The lowest BCUT2D eigenvalue weighted by Crippen LogP contribution is -2.23. The Morgan fingerprint density at radius 3 is 2.64 bits per heavy atom. The Kier molecular flexibility index (Phi) is 7.41. The van der Waals surface area contributed by atoms with Gasteiger partial charge >= 0.3 is 5.97 Å². The van der Waals surface area contributed by atoms with E-state index in [-0.39, 0.29) is 17.7 Å². The SMILES string of the molecule is COC(=O)c1cc(COCCOC2CCCCO2)cc(C(C)(C)C)c1. The fourth-order valence-corrected chi connectivity index (χ4v) is 2.72. The van der Waals surface area contributed by atoms with Crippen molar-refractivity contribution in [2.45, 2.75) is 58.3 Å². The first-order valence-electron chi connectivity index (χ1n) is 8.94. The molecule has 0 radical (unpaired) electrons. The second kappa shape index (κ2) is 9.32. The zero-order valence-electron chi connectivity index (χ0n) is 15.8. The number of hydrogen-bond donors (Lipinski definition) is 0. The Balaban J connectivity index is 1.88. The standard InChI is InChI=1S/C20H30O5/c1-20(2,3)17-12-15(11-16(13-17)19(21)22-4)14-23-9-10-25-18-7-5-6-8-24-18/h11-13,18H,5-10,14H2,1-4H3. The van der Waals surface area contributed by atoms with E-state index in [0.717, 1.165) is 37.0 Å². The molecule has 1 atom stereocenters. The number of esters is 1. The van der Waals surface area contributed by atoms with Gasteiger partial charge in [0, 0.05) is 6.61 Å². The molecule has 1 aromatic rings. The maximum absolute atomic E-state index is 11.9. The number of benzene rings is 1. The van der Waals surface area contributed by atoms with E-state index in [2.05, 4.69) is 26.8 Å². The van der Waals surface area contributed by atoms with Crippen LogP contribution in [0.3, 0.4) is 0 Å². The summed E-state index contributed by atoms with van der Waals surface area (Å²) in [5.41, 5.74) is 2.54. The van der Waals surface area contributed by atoms with Gasteiger partial charge in [-0.2, -0.15) is 0 Å². The van der Waals surface area contributed by atoms with Crippen molar-refractivity contribution >= 4 is 5.97 Å². The van der Waals surface area contributed by atoms with Gasteiger partial charge in [0.15, 0.2) is 6.29 Å². The van der Waals surface area contributed by atoms with Crippen molar-refractivity contribution < 1.29 is 23.7 Å². The average molecular weight is 350 g/mol. The molecule has 0 N–H and O–H groups in total. The normalized spacial score (nSPS) is 18.2. The van der Waals surface area contributed by atoms with E-state index in [9.17, 15) is 4.79 Å². The zero-order chi connectivity index (χ0) is 18.3. The van der Waals surface area contributed by atoms with Crippen LogP contribution in [0.15, 0.2) is 18.2 Å². The van der Waals surface area contributed by atoms with Crippen molar-refractivity contribution in [3.63, 3.8) is 0 Å². The molecule has 5 heteroatoms. The van der Waals surface area contributed by atoms with Crippen LogP contribution in [0.5, 0.6) is 0 Å². The predicted molar refractivity (Wildman–Crippen MR) is 95.7 cm³/mol. The van der Waals surface area contributed by atoms with Gasteiger partial charge in [-0.1, -0.05) is 26.8 Å². The van der Waals surface area contributed by atoms with E-state index >= 15 is 0 Å². The summed E-state index contributed by atoms with van der Waals surface area (Å²) >= 11 is 0. The quantitative estimate of drug-likeness (QED) is 0.552. The van der Waals surface area contributed by atoms with Crippen molar-refractivity contribution in [3.05, 3.63) is 34.9 Å². The van der Waals surface area contributed by atoms with Gasteiger partial charge in [0.1, 0.15) is 0 Å². The van der Waals surface area contributed by atoms with E-state index in [1.807, 2.05) is 12.1 Å². The smallest absolute Gasteiger partial charge is 0.337 e. The van der Waals surface area contributed by atoms with Crippen LogP contribution >= 0.6 is 0 Å². The molecule has 1 saturated heterocycles. The highest BCUT2D eigenvalue weighted by molar-refractivity contribution is 5.89. The molecule has 0 bridgehead atoms. The van der Waals surface area contributed by atoms with Gasteiger partial charge in [0.05, 0.1) is 32.5 Å². The first kappa shape index (κ1) is 19.9. The van der Waals surface area contributed by atoms with Gasteiger partial charge < -0.3 is 18.9 Å². The highest BCUT2D eigenvalue weighted by Crippen LogP contribution is 2.25. The van der Waals surface area contributed by atoms with Gasteiger partial charge in [-0.25, -0.2) is 4.79 Å². The minimum Gasteiger partial charge on any atom is -0.465 e. The molecule has 5 nitrogen and oxygen atoms in total. The summed E-state index contributed by atoms with van der Waals surface area (Å²) in [5.74, 6) is -0.329. The molecule has 2 rings (SSSR count). The lowest BCUT2D eigenvalue weighted by Gasteiger charge is -2.22. The number of rotatable bonds is 7. The topological polar surface area (TPSA) is 54.0 Å². The van der Waals surface area contributed by atoms with Crippen LogP contribution in [0.1, 0.15) is 61.5 Å². The summed E-state index contributed by atoms with van der Waals surface area (Å²) in [6.07, 6.45) is 3.13. The number of carbonyl (C=O) groups excluding carboxylic acids is 1. The first-order valence-corrected chi connectivity index (χ1v) is 8.94. The molecule has 25 heavy (non-hydrogen) atoms. The van der Waals surface area contributed by atoms with Gasteiger partial charge in [-0.05, 0) is 47.9 Å². The molecule has 1 aromatic carbocycles. The number of hydrogen-bond acceptors (Lipinski definition) is 5. The molecule has 1 unspecified atom stereocenters. The minimum atomic E-state index is -0.329. The molecule has 0 aliphatic carbocycles. The Morgan fingerprint density at radius 1 is 1.20 bits per heavy atom. The molecule has 0 saturated carbocycles. The van der Waals surface area contributed by atoms with Crippen LogP contribution in [0.25, 0.3) is 0 Å². The second-order valence-corrected chi connectivity index (χ2v) is 7.38. The molecule has 1 heterocycles. The van der Waals surface area contributed by atoms with Gasteiger partial charge in [-0.15, -0.1) is 0 Å². The van der Waals surface area contributed by atoms with E-state index in [4.69, 9.17) is 18.9 Å². The molecule has 1 aliphatic rings. The van der Waals surface area contributed by atoms with Gasteiger partial charge in [0.2, 0.25) is 0 Å². The van der Waals surface area contributed by atoms with Crippen LogP contribution in [-0.2, 0) is 31.0 Å². The number of carbonyl (C=O) groups is 1. The Hall–Kier alpha value is -1.43. The zero-order valence-corrected chi connectivity index (χ0v) is 15.8. The predicted octanol–water partition coefficient (Wildman–Crippen LogP) is 3.83. The third kappa shape index (κ3) is 6.42. The highest BCUT2D eigenvalue weighted by atomic mass is 16.7.